The molecule has 1 fully saturated rings. The normalized spacial score (nSPS) is 14.4. The van der Waals surface area contributed by atoms with Gasteiger partial charge in [-0.2, -0.15) is 0 Å². The van der Waals surface area contributed by atoms with Crippen molar-refractivity contribution in [1.82, 2.24) is 9.88 Å². The van der Waals surface area contributed by atoms with Crippen LogP contribution in [0, 0.1) is 0 Å². The van der Waals surface area contributed by atoms with Crippen LogP contribution in [0.25, 0.3) is 10.2 Å². The number of sulfone groups is 1. The number of unbranched alkanes of at least 4 members (excludes halogenated alkanes) is 1. The number of carbonyl (C=O) groups excluding carboxylic acids is 1. The van der Waals surface area contributed by atoms with Gasteiger partial charge < -0.3 is 9.47 Å². The van der Waals surface area contributed by atoms with Gasteiger partial charge in [-0.3, -0.25) is 14.6 Å². The first kappa shape index (κ1) is 28.3. The SMILES string of the molecule is CCCCOc1ccc(C(=O)N(CCN2CCOCC2)c2nc3c(S(C)(=O)=O)cccc3s2)cc1.Cl. The maximum Gasteiger partial charge on any atom is 0.260 e. The summed E-state index contributed by atoms with van der Waals surface area (Å²) in [5, 5.41) is 0.484. The molecule has 4 rings (SSSR count). The zero-order chi connectivity index (χ0) is 24.8. The van der Waals surface area contributed by atoms with Gasteiger partial charge in [-0.05, 0) is 42.8 Å². The van der Waals surface area contributed by atoms with E-state index in [1.165, 1.54) is 17.6 Å². The highest BCUT2D eigenvalue weighted by Crippen LogP contribution is 2.33. The number of benzene rings is 2. The van der Waals surface area contributed by atoms with Crippen LogP contribution in [0.15, 0.2) is 47.4 Å². The first-order valence-electron chi connectivity index (χ1n) is 11.8. The highest BCUT2D eigenvalue weighted by atomic mass is 35.5. The van der Waals surface area contributed by atoms with E-state index in [1.54, 1.807) is 29.2 Å². The quantitative estimate of drug-likeness (QED) is 0.346. The van der Waals surface area contributed by atoms with Gasteiger partial charge >= 0.3 is 0 Å². The number of thiazole rings is 1. The number of anilines is 1. The Balaban J connectivity index is 0.00000361. The molecule has 0 bridgehead atoms. The van der Waals surface area contributed by atoms with Gasteiger partial charge in [-0.15, -0.1) is 12.4 Å². The maximum atomic E-state index is 13.6. The molecule has 0 atom stereocenters. The van der Waals surface area contributed by atoms with E-state index in [1.807, 2.05) is 18.2 Å². The molecule has 2 aromatic carbocycles. The Morgan fingerprint density at radius 2 is 1.89 bits per heavy atom. The molecule has 1 aliphatic rings. The third kappa shape index (κ3) is 6.95. The number of nitrogens with zero attached hydrogens (tertiary/aromatic N) is 3. The van der Waals surface area contributed by atoms with Crippen LogP contribution in [0.1, 0.15) is 30.1 Å². The Labute approximate surface area is 222 Å². The lowest BCUT2D eigenvalue weighted by atomic mass is 10.2. The van der Waals surface area contributed by atoms with E-state index in [9.17, 15) is 13.2 Å². The topological polar surface area (TPSA) is 89.0 Å². The Bertz CT molecular complexity index is 1260. The molecular weight excluding hydrogens is 522 g/mol. The molecule has 8 nitrogen and oxygen atoms in total. The van der Waals surface area contributed by atoms with Crippen molar-refractivity contribution in [3.05, 3.63) is 48.0 Å². The van der Waals surface area contributed by atoms with Crippen LogP contribution < -0.4 is 9.64 Å². The van der Waals surface area contributed by atoms with Gasteiger partial charge in [0, 0.05) is 38.0 Å². The number of morpholine rings is 1. The van der Waals surface area contributed by atoms with Crippen LogP contribution in [-0.2, 0) is 14.6 Å². The summed E-state index contributed by atoms with van der Waals surface area (Å²) in [5.74, 6) is 0.547. The molecule has 1 amide bonds. The number of rotatable bonds is 10. The molecule has 196 valence electrons. The summed E-state index contributed by atoms with van der Waals surface area (Å²) in [5.41, 5.74) is 0.927. The molecule has 2 heterocycles. The van der Waals surface area contributed by atoms with Crippen molar-refractivity contribution in [2.75, 3.05) is 57.2 Å². The third-order valence-electron chi connectivity index (χ3n) is 5.86. The number of hydrogen-bond donors (Lipinski definition) is 0. The van der Waals surface area contributed by atoms with Gasteiger partial charge in [0.1, 0.15) is 11.3 Å². The van der Waals surface area contributed by atoms with E-state index in [4.69, 9.17) is 9.47 Å². The van der Waals surface area contributed by atoms with E-state index >= 15 is 0 Å². The van der Waals surface area contributed by atoms with E-state index in [0.717, 1.165) is 36.4 Å². The van der Waals surface area contributed by atoms with Gasteiger partial charge in [-0.25, -0.2) is 13.4 Å². The average molecular weight is 554 g/mol. The van der Waals surface area contributed by atoms with Crippen molar-refractivity contribution >= 4 is 54.8 Å². The Kier molecular flexibility index (Phi) is 10.1. The number of hydrogen-bond acceptors (Lipinski definition) is 8. The van der Waals surface area contributed by atoms with Crippen LogP contribution in [0.3, 0.4) is 0 Å². The number of amides is 1. The molecular formula is C25H32ClN3O5S2. The van der Waals surface area contributed by atoms with Crippen LogP contribution in [0.4, 0.5) is 5.13 Å². The van der Waals surface area contributed by atoms with Crippen LogP contribution in [0.5, 0.6) is 5.75 Å². The Morgan fingerprint density at radius 1 is 1.17 bits per heavy atom. The molecule has 0 N–H and O–H groups in total. The summed E-state index contributed by atoms with van der Waals surface area (Å²) in [6.07, 6.45) is 3.20. The number of halogens is 1. The fraction of sp³-hybridized carbons (Fsp3) is 0.440. The standard InChI is InChI=1S/C25H31N3O5S2.ClH/c1-3-4-16-33-20-10-8-19(9-11-20)24(29)28(13-12-27-14-17-32-18-15-27)25-26-23-21(34-25)6-5-7-22(23)35(2,30)31;/h5-11H,3-4,12-18H2,1-2H3;1H. The average Bonchev–Trinajstić information content (AvgIpc) is 3.28. The molecule has 11 heteroatoms. The van der Waals surface area contributed by atoms with Crippen molar-refractivity contribution in [2.45, 2.75) is 24.7 Å². The van der Waals surface area contributed by atoms with E-state index in [-0.39, 0.29) is 23.2 Å². The number of para-hydroxylation sites is 1. The predicted molar refractivity (Wildman–Crippen MR) is 146 cm³/mol. The minimum Gasteiger partial charge on any atom is -0.494 e. The summed E-state index contributed by atoms with van der Waals surface area (Å²) in [4.78, 5) is 22.4. The zero-order valence-corrected chi connectivity index (χ0v) is 23.0. The third-order valence-corrected chi connectivity index (χ3v) is 8.03. The largest absolute Gasteiger partial charge is 0.494 e. The summed E-state index contributed by atoms with van der Waals surface area (Å²) >= 11 is 1.32. The van der Waals surface area contributed by atoms with Gasteiger partial charge in [0.2, 0.25) is 0 Å². The first-order valence-corrected chi connectivity index (χ1v) is 14.5. The van der Waals surface area contributed by atoms with Crippen molar-refractivity contribution in [3.8, 4) is 5.75 Å². The molecule has 0 saturated carbocycles. The minimum absolute atomic E-state index is 0. The summed E-state index contributed by atoms with van der Waals surface area (Å²) in [6.45, 7) is 6.82. The molecule has 0 unspecified atom stereocenters. The van der Waals surface area contributed by atoms with E-state index in [2.05, 4.69) is 16.8 Å². The lowest BCUT2D eigenvalue weighted by Gasteiger charge is -2.29. The highest BCUT2D eigenvalue weighted by molar-refractivity contribution is 7.91. The Morgan fingerprint density at radius 3 is 2.56 bits per heavy atom. The molecule has 0 radical (unpaired) electrons. The smallest absolute Gasteiger partial charge is 0.260 e. The fourth-order valence-corrected chi connectivity index (χ4v) is 5.77. The van der Waals surface area contributed by atoms with E-state index in [0.29, 0.717) is 49.1 Å². The second kappa shape index (κ2) is 12.8. The maximum absolute atomic E-state index is 13.6. The first-order chi connectivity index (χ1) is 16.9. The fourth-order valence-electron chi connectivity index (χ4n) is 3.86. The van der Waals surface area contributed by atoms with Crippen LogP contribution in [0.2, 0.25) is 0 Å². The van der Waals surface area contributed by atoms with Gasteiger partial charge in [0.15, 0.2) is 15.0 Å². The molecule has 0 spiro atoms. The predicted octanol–water partition coefficient (Wildman–Crippen LogP) is 4.28. The van der Waals surface area contributed by atoms with E-state index < -0.39 is 9.84 Å². The molecule has 36 heavy (non-hydrogen) atoms. The van der Waals surface area contributed by atoms with Gasteiger partial charge in [0.25, 0.3) is 5.91 Å². The molecule has 0 aliphatic carbocycles. The van der Waals surface area contributed by atoms with Crippen molar-refractivity contribution < 1.29 is 22.7 Å². The summed E-state index contributed by atoms with van der Waals surface area (Å²) < 4.78 is 36.5. The lowest BCUT2D eigenvalue weighted by molar-refractivity contribution is 0.0391. The molecule has 1 aromatic heterocycles. The van der Waals surface area contributed by atoms with Crippen LogP contribution in [-0.4, -0.2) is 76.5 Å². The number of fused-ring (bicyclic) bond motifs is 1. The van der Waals surface area contributed by atoms with Gasteiger partial charge in [-0.1, -0.05) is 30.7 Å². The number of aromatic nitrogens is 1. The second-order valence-electron chi connectivity index (χ2n) is 8.51. The monoisotopic (exact) mass is 553 g/mol. The lowest BCUT2D eigenvalue weighted by Crippen LogP contribution is -2.43. The van der Waals surface area contributed by atoms with Gasteiger partial charge in [0.05, 0.1) is 29.4 Å². The molecule has 3 aromatic rings. The summed E-state index contributed by atoms with van der Waals surface area (Å²) in [7, 11) is -3.45. The summed E-state index contributed by atoms with van der Waals surface area (Å²) in [6, 6.07) is 12.2. The van der Waals surface area contributed by atoms with Crippen molar-refractivity contribution in [1.29, 1.82) is 0 Å². The highest BCUT2D eigenvalue weighted by Gasteiger charge is 2.24. The number of carbonyl (C=O) groups is 1. The van der Waals surface area contributed by atoms with Crippen molar-refractivity contribution in [3.63, 3.8) is 0 Å². The molecule has 1 saturated heterocycles. The second-order valence-corrected chi connectivity index (χ2v) is 11.5. The van der Waals surface area contributed by atoms with Crippen LogP contribution >= 0.6 is 23.7 Å². The number of ether oxygens (including phenoxy) is 2. The zero-order valence-electron chi connectivity index (χ0n) is 20.5. The minimum atomic E-state index is -3.45. The molecule has 1 aliphatic heterocycles. The Hall–Kier alpha value is -2.24. The van der Waals surface area contributed by atoms with Crippen molar-refractivity contribution in [2.24, 2.45) is 0 Å².